The third-order valence-corrected chi connectivity index (χ3v) is 8.25. The fraction of sp³-hybridized carbons (Fsp3) is 0.333. The molecule has 152 valence electrons. The summed E-state index contributed by atoms with van der Waals surface area (Å²) in [6.07, 6.45) is 1.04. The van der Waals surface area contributed by atoms with Gasteiger partial charge >= 0.3 is 0 Å². The number of amides is 1. The normalized spacial score (nSPS) is 16.2. The SMILES string of the molecule is CCN(C(=O)C1CCN(S(=O)(=O)c2ccccc2)CC1)c1nc2ccccc2s1. The van der Waals surface area contributed by atoms with Crippen LogP contribution in [0.4, 0.5) is 5.13 Å². The van der Waals surface area contributed by atoms with Gasteiger partial charge in [-0.3, -0.25) is 9.69 Å². The van der Waals surface area contributed by atoms with Gasteiger partial charge in [-0.05, 0) is 44.0 Å². The zero-order valence-corrected chi connectivity index (χ0v) is 17.8. The van der Waals surface area contributed by atoms with Gasteiger partial charge in [-0.1, -0.05) is 41.7 Å². The highest BCUT2D eigenvalue weighted by atomic mass is 32.2. The molecule has 8 heteroatoms. The minimum absolute atomic E-state index is 0.0308. The number of carbonyl (C=O) groups is 1. The van der Waals surface area contributed by atoms with Gasteiger partial charge in [0.05, 0.1) is 15.1 Å². The van der Waals surface area contributed by atoms with Crippen LogP contribution in [0, 0.1) is 5.92 Å². The lowest BCUT2D eigenvalue weighted by molar-refractivity contribution is -0.123. The predicted molar refractivity (Wildman–Crippen MR) is 116 cm³/mol. The summed E-state index contributed by atoms with van der Waals surface area (Å²) in [6, 6.07) is 16.3. The number of sulfonamides is 1. The van der Waals surface area contributed by atoms with E-state index in [9.17, 15) is 13.2 Å². The molecule has 6 nitrogen and oxygen atoms in total. The molecule has 0 N–H and O–H groups in total. The second kappa shape index (κ2) is 8.22. The minimum atomic E-state index is -3.51. The van der Waals surface area contributed by atoms with Crippen LogP contribution in [0.15, 0.2) is 59.5 Å². The fourth-order valence-electron chi connectivity index (χ4n) is 3.67. The maximum atomic E-state index is 13.2. The number of para-hydroxylation sites is 1. The first-order chi connectivity index (χ1) is 14.0. The molecule has 1 aliphatic heterocycles. The zero-order chi connectivity index (χ0) is 20.4. The molecule has 0 saturated carbocycles. The number of piperidine rings is 1. The Hall–Kier alpha value is -2.29. The molecule has 1 aliphatic rings. The first-order valence-electron chi connectivity index (χ1n) is 9.73. The van der Waals surface area contributed by atoms with Crippen molar-refractivity contribution in [3.05, 3.63) is 54.6 Å². The molecule has 0 spiro atoms. The highest BCUT2D eigenvalue weighted by Gasteiger charge is 2.34. The summed E-state index contributed by atoms with van der Waals surface area (Å²) in [4.78, 5) is 19.8. The van der Waals surface area contributed by atoms with Crippen LogP contribution >= 0.6 is 11.3 Å². The van der Waals surface area contributed by atoms with E-state index in [4.69, 9.17) is 0 Å². The summed E-state index contributed by atoms with van der Waals surface area (Å²) in [5.41, 5.74) is 0.891. The van der Waals surface area contributed by atoms with Crippen molar-refractivity contribution >= 4 is 42.6 Å². The Labute approximate surface area is 174 Å². The lowest BCUT2D eigenvalue weighted by atomic mass is 9.96. The lowest BCUT2D eigenvalue weighted by Crippen LogP contribution is -2.44. The molecule has 0 unspecified atom stereocenters. The van der Waals surface area contributed by atoms with Gasteiger partial charge in [-0.15, -0.1) is 0 Å². The van der Waals surface area contributed by atoms with Crippen LogP contribution in [0.2, 0.25) is 0 Å². The van der Waals surface area contributed by atoms with Crippen LogP contribution in [0.25, 0.3) is 10.2 Å². The van der Waals surface area contributed by atoms with E-state index in [-0.39, 0.29) is 11.8 Å². The molecule has 0 radical (unpaired) electrons. The number of hydrogen-bond donors (Lipinski definition) is 0. The van der Waals surface area contributed by atoms with Crippen LogP contribution in [-0.2, 0) is 14.8 Å². The van der Waals surface area contributed by atoms with Crippen LogP contribution in [0.1, 0.15) is 19.8 Å². The molecule has 0 bridgehead atoms. The third-order valence-electron chi connectivity index (χ3n) is 5.28. The van der Waals surface area contributed by atoms with Crippen molar-refractivity contribution in [1.82, 2.24) is 9.29 Å². The van der Waals surface area contributed by atoms with Crippen molar-refractivity contribution in [2.24, 2.45) is 5.92 Å². The second-order valence-electron chi connectivity index (χ2n) is 7.04. The van der Waals surface area contributed by atoms with Crippen molar-refractivity contribution in [1.29, 1.82) is 0 Å². The summed E-state index contributed by atoms with van der Waals surface area (Å²) in [5, 5.41) is 0.707. The van der Waals surface area contributed by atoms with Crippen LogP contribution in [0.3, 0.4) is 0 Å². The van der Waals surface area contributed by atoms with E-state index in [2.05, 4.69) is 4.98 Å². The van der Waals surface area contributed by atoms with Crippen molar-refractivity contribution in [3.8, 4) is 0 Å². The first-order valence-corrected chi connectivity index (χ1v) is 12.0. The Balaban J connectivity index is 1.46. The molecule has 2 aromatic carbocycles. The Kier molecular flexibility index (Phi) is 5.67. The quantitative estimate of drug-likeness (QED) is 0.619. The number of thiazole rings is 1. The maximum Gasteiger partial charge on any atom is 0.243 e. The summed E-state index contributed by atoms with van der Waals surface area (Å²) >= 11 is 1.51. The highest BCUT2D eigenvalue weighted by molar-refractivity contribution is 7.89. The van der Waals surface area contributed by atoms with E-state index in [1.807, 2.05) is 31.2 Å². The Morgan fingerprint density at radius 3 is 2.41 bits per heavy atom. The number of carbonyl (C=O) groups excluding carboxylic acids is 1. The molecular formula is C21H23N3O3S2. The van der Waals surface area contributed by atoms with E-state index in [0.29, 0.717) is 42.5 Å². The van der Waals surface area contributed by atoms with Crippen LogP contribution in [-0.4, -0.2) is 43.2 Å². The number of aromatic nitrogens is 1. The first kappa shape index (κ1) is 20.0. The topological polar surface area (TPSA) is 70.6 Å². The standard InChI is InChI=1S/C21H23N3O3S2/c1-2-24(21-22-18-10-6-7-11-19(18)28-21)20(25)16-12-14-23(15-13-16)29(26,27)17-8-4-3-5-9-17/h3-11,16H,2,12-15H2,1H3. The zero-order valence-electron chi connectivity index (χ0n) is 16.2. The third kappa shape index (κ3) is 3.92. The highest BCUT2D eigenvalue weighted by Crippen LogP contribution is 2.31. The smallest absolute Gasteiger partial charge is 0.243 e. The summed E-state index contributed by atoms with van der Waals surface area (Å²) in [6.45, 7) is 3.19. The molecule has 0 atom stereocenters. The largest absolute Gasteiger partial charge is 0.288 e. The predicted octanol–water partition coefficient (Wildman–Crippen LogP) is 3.75. The van der Waals surface area contributed by atoms with Gasteiger partial charge in [-0.25, -0.2) is 13.4 Å². The summed E-state index contributed by atoms with van der Waals surface area (Å²) in [5.74, 6) is -0.160. The summed E-state index contributed by atoms with van der Waals surface area (Å²) in [7, 11) is -3.51. The van der Waals surface area contributed by atoms with E-state index >= 15 is 0 Å². The number of nitrogens with zero attached hydrogens (tertiary/aromatic N) is 3. The van der Waals surface area contributed by atoms with Crippen molar-refractivity contribution in [2.75, 3.05) is 24.5 Å². The Morgan fingerprint density at radius 1 is 1.10 bits per heavy atom. The number of benzene rings is 2. The van der Waals surface area contributed by atoms with Gasteiger partial charge in [0.25, 0.3) is 0 Å². The molecule has 0 aliphatic carbocycles. The Bertz CT molecular complexity index is 1070. The molecular weight excluding hydrogens is 406 g/mol. The molecule has 1 aromatic heterocycles. The van der Waals surface area contributed by atoms with E-state index < -0.39 is 10.0 Å². The van der Waals surface area contributed by atoms with Gasteiger partial charge in [0.15, 0.2) is 5.13 Å². The molecule has 29 heavy (non-hydrogen) atoms. The molecule has 1 amide bonds. The molecule has 3 aromatic rings. The molecule has 1 saturated heterocycles. The molecule has 1 fully saturated rings. The summed E-state index contributed by atoms with van der Waals surface area (Å²) < 4.78 is 28.1. The van der Waals surface area contributed by atoms with E-state index in [1.165, 1.54) is 15.6 Å². The lowest BCUT2D eigenvalue weighted by Gasteiger charge is -2.32. The average molecular weight is 430 g/mol. The van der Waals surface area contributed by atoms with Crippen molar-refractivity contribution in [2.45, 2.75) is 24.7 Å². The molecule has 2 heterocycles. The van der Waals surface area contributed by atoms with Crippen LogP contribution < -0.4 is 4.90 Å². The Morgan fingerprint density at radius 2 is 1.76 bits per heavy atom. The van der Waals surface area contributed by atoms with Crippen LogP contribution in [0.5, 0.6) is 0 Å². The number of rotatable bonds is 5. The van der Waals surface area contributed by atoms with Gasteiger partial charge in [0, 0.05) is 25.6 Å². The van der Waals surface area contributed by atoms with Gasteiger partial charge in [0.2, 0.25) is 15.9 Å². The van der Waals surface area contributed by atoms with E-state index in [0.717, 1.165) is 10.2 Å². The van der Waals surface area contributed by atoms with Gasteiger partial charge < -0.3 is 0 Å². The van der Waals surface area contributed by atoms with Crippen molar-refractivity contribution < 1.29 is 13.2 Å². The second-order valence-corrected chi connectivity index (χ2v) is 9.99. The number of fused-ring (bicyclic) bond motifs is 1. The average Bonchev–Trinajstić information content (AvgIpc) is 3.18. The fourth-order valence-corrected chi connectivity index (χ4v) is 6.19. The maximum absolute atomic E-state index is 13.2. The van der Waals surface area contributed by atoms with Crippen molar-refractivity contribution in [3.63, 3.8) is 0 Å². The van der Waals surface area contributed by atoms with Gasteiger partial charge in [-0.2, -0.15) is 4.31 Å². The van der Waals surface area contributed by atoms with Gasteiger partial charge in [0.1, 0.15) is 0 Å². The minimum Gasteiger partial charge on any atom is -0.288 e. The number of anilines is 1. The number of hydrogen-bond acceptors (Lipinski definition) is 5. The molecule has 4 rings (SSSR count). The van der Waals surface area contributed by atoms with E-state index in [1.54, 1.807) is 35.2 Å². The monoisotopic (exact) mass is 429 g/mol.